The zero-order valence-electron chi connectivity index (χ0n) is 13.7. The van der Waals surface area contributed by atoms with Crippen LogP contribution < -0.4 is 10.6 Å². The zero-order valence-corrected chi connectivity index (χ0v) is 15.4. The largest absolute Gasteiger partial charge is 0.330 e. The van der Waals surface area contributed by atoms with E-state index in [1.807, 2.05) is 52.5 Å². The fourth-order valence-electron chi connectivity index (χ4n) is 2.31. The van der Waals surface area contributed by atoms with Crippen molar-refractivity contribution in [1.82, 2.24) is 19.3 Å². The van der Waals surface area contributed by atoms with Gasteiger partial charge in [-0.25, -0.2) is 4.74 Å². The van der Waals surface area contributed by atoms with Crippen LogP contribution in [-0.2, 0) is 0 Å². The maximum Gasteiger partial charge on any atom is 0.198 e. The molecular weight excluding hydrogens is 327 g/mol. The molecule has 0 unspecified atom stereocenters. The molecule has 2 aromatic heterocycles. The van der Waals surface area contributed by atoms with E-state index in [9.17, 15) is 0 Å². The molecule has 0 bridgehead atoms. The summed E-state index contributed by atoms with van der Waals surface area (Å²) in [5, 5.41) is 4.67. The van der Waals surface area contributed by atoms with Crippen LogP contribution in [0.2, 0.25) is 0 Å². The topological polar surface area (TPSA) is 56.6 Å². The van der Waals surface area contributed by atoms with E-state index in [4.69, 9.17) is 17.0 Å². The van der Waals surface area contributed by atoms with Gasteiger partial charge < -0.3 is 5.32 Å². The highest BCUT2D eigenvalue weighted by molar-refractivity contribution is 7.81. The molecule has 0 saturated heterocycles. The Morgan fingerprint density at radius 2 is 1.70 bits per heavy atom. The van der Waals surface area contributed by atoms with E-state index >= 15 is 0 Å². The fourth-order valence-corrected chi connectivity index (χ4v) is 5.72. The highest BCUT2D eigenvalue weighted by atomic mass is 32.1. The van der Waals surface area contributed by atoms with E-state index < -0.39 is 7.36 Å². The third-order valence-corrected chi connectivity index (χ3v) is 7.30. The smallest absolute Gasteiger partial charge is 0.198 e. The van der Waals surface area contributed by atoms with E-state index in [0.29, 0.717) is 5.11 Å². The van der Waals surface area contributed by atoms with Gasteiger partial charge in [0.1, 0.15) is 7.36 Å². The zero-order chi connectivity index (χ0) is 16.9. The van der Waals surface area contributed by atoms with E-state index in [1.54, 1.807) is 24.8 Å². The Kier molecular flexibility index (Phi) is 5.96. The number of hydrogen-bond acceptors (Lipinski definition) is 3. The Bertz CT molecular complexity index is 690. The molecule has 2 heterocycles. The molecule has 2 rings (SSSR count). The first-order valence-electron chi connectivity index (χ1n) is 7.06. The van der Waals surface area contributed by atoms with Crippen LogP contribution in [0.25, 0.3) is 0 Å². The molecule has 2 aromatic rings. The number of nitrogens with one attached hydrogen (secondary N) is 1. The van der Waals surface area contributed by atoms with Gasteiger partial charge in [-0.15, -0.1) is 0 Å². The monoisotopic (exact) mass is 348 g/mol. The second-order valence-electron chi connectivity index (χ2n) is 5.24. The molecule has 0 aliphatic carbocycles. The van der Waals surface area contributed by atoms with Crippen LogP contribution in [0.4, 0.5) is 5.69 Å². The Hall–Kier alpha value is -1.66. The summed E-state index contributed by atoms with van der Waals surface area (Å²) >= 11 is 5.48. The minimum absolute atomic E-state index is 0.436. The van der Waals surface area contributed by atoms with Gasteiger partial charge in [0.15, 0.2) is 5.11 Å². The lowest BCUT2D eigenvalue weighted by molar-refractivity contribution is 0.572. The van der Waals surface area contributed by atoms with Crippen LogP contribution in [0.1, 0.15) is 0 Å². The number of nitrogens with zero attached hydrogens (tertiary/aromatic N) is 5. The van der Waals surface area contributed by atoms with E-state index in [-0.39, 0.29) is 0 Å². The summed E-state index contributed by atoms with van der Waals surface area (Å²) in [6.45, 7) is 0. The molecule has 0 aliphatic rings. The van der Waals surface area contributed by atoms with E-state index in [1.165, 1.54) is 0 Å². The third-order valence-electron chi connectivity index (χ3n) is 3.27. The maximum absolute atomic E-state index is 5.48. The van der Waals surface area contributed by atoms with Gasteiger partial charge >= 0.3 is 0 Å². The molecule has 0 amide bonds. The van der Waals surface area contributed by atoms with Gasteiger partial charge in [0.05, 0.1) is 11.9 Å². The Balaban J connectivity index is 2.47. The number of anilines is 1. The van der Waals surface area contributed by atoms with Crippen LogP contribution in [0.5, 0.6) is 0 Å². The minimum atomic E-state index is -2.16. The molecule has 8 heteroatoms. The number of rotatable bonds is 4. The summed E-state index contributed by atoms with van der Waals surface area (Å²) < 4.78 is 9.15. The van der Waals surface area contributed by atoms with Crippen molar-refractivity contribution in [1.29, 1.82) is 0 Å². The molecule has 0 aliphatic heterocycles. The Labute approximate surface area is 142 Å². The number of hydrogen-bond donors (Lipinski definition) is 1. The lowest BCUT2D eigenvalue weighted by Crippen LogP contribution is -2.30. The van der Waals surface area contributed by atoms with Crippen molar-refractivity contribution in [2.45, 2.75) is 0 Å². The molecule has 0 atom stereocenters. The minimum Gasteiger partial charge on any atom is -0.330 e. The molecule has 6 nitrogen and oxygen atoms in total. The van der Waals surface area contributed by atoms with Gasteiger partial charge in [0.25, 0.3) is 0 Å². The lowest BCUT2D eigenvalue weighted by Gasteiger charge is -2.36. The predicted molar refractivity (Wildman–Crippen MR) is 101 cm³/mol. The van der Waals surface area contributed by atoms with Gasteiger partial charge in [0, 0.05) is 23.9 Å². The normalized spacial score (nSPS) is 11.6. The van der Waals surface area contributed by atoms with Crippen molar-refractivity contribution in [2.75, 3.05) is 33.5 Å². The van der Waals surface area contributed by atoms with E-state index in [2.05, 4.69) is 24.6 Å². The first kappa shape index (κ1) is 17.7. The lowest BCUT2D eigenvalue weighted by atomic mass is 10.4. The quantitative estimate of drug-likeness (QED) is 0.677. The summed E-state index contributed by atoms with van der Waals surface area (Å²) in [7, 11) is 5.92. The first-order chi connectivity index (χ1) is 11.0. The fraction of sp³-hybridized carbons (Fsp3) is 0.267. The highest BCUT2D eigenvalue weighted by Gasteiger charge is 2.28. The van der Waals surface area contributed by atoms with Crippen molar-refractivity contribution < 1.29 is 0 Å². The molecule has 122 valence electrons. The summed E-state index contributed by atoms with van der Waals surface area (Å²) in [5.74, 6) is 0. The van der Waals surface area contributed by atoms with Crippen molar-refractivity contribution in [2.24, 2.45) is 4.74 Å². The van der Waals surface area contributed by atoms with Gasteiger partial charge in [0.2, 0.25) is 0 Å². The summed E-state index contributed by atoms with van der Waals surface area (Å²) in [6.07, 6.45) is 7.01. The molecule has 0 aromatic carbocycles. The molecule has 0 spiro atoms. The Morgan fingerprint density at radius 3 is 2.22 bits per heavy atom. The second kappa shape index (κ2) is 7.75. The average Bonchev–Trinajstić information content (AvgIpc) is 2.53. The molecular formula is C15H21N6PS. The third kappa shape index (κ3) is 4.00. The van der Waals surface area contributed by atoms with Crippen LogP contribution in [0.15, 0.2) is 53.8 Å². The second-order valence-corrected chi connectivity index (χ2v) is 9.08. The van der Waals surface area contributed by atoms with Crippen LogP contribution in [-0.4, -0.2) is 52.6 Å². The molecule has 1 N–H and O–H groups in total. The van der Waals surface area contributed by atoms with Crippen molar-refractivity contribution in [3.8, 4) is 0 Å². The van der Waals surface area contributed by atoms with Gasteiger partial charge in [-0.1, -0.05) is 0 Å². The maximum atomic E-state index is 5.48. The van der Waals surface area contributed by atoms with Crippen LogP contribution >= 0.6 is 19.6 Å². The molecule has 0 saturated carbocycles. The predicted octanol–water partition coefficient (Wildman–Crippen LogP) is 2.65. The van der Waals surface area contributed by atoms with E-state index in [0.717, 1.165) is 11.0 Å². The van der Waals surface area contributed by atoms with Crippen molar-refractivity contribution >= 4 is 35.7 Å². The standard InChI is InChI=1S/C15H21N6PS/c1-20(2)22(21(3)4,14-7-10-16-11-8-14)19-15(23)18-13-6-5-9-17-12-13/h5-12H,1-4H3,(H,18,23). The van der Waals surface area contributed by atoms with Gasteiger partial charge in [-0.05, 0) is 64.7 Å². The van der Waals surface area contributed by atoms with Gasteiger partial charge in [-0.2, -0.15) is 0 Å². The summed E-state index contributed by atoms with van der Waals surface area (Å²) in [5.41, 5.74) is 0.826. The highest BCUT2D eigenvalue weighted by Crippen LogP contribution is 2.52. The summed E-state index contributed by atoms with van der Waals surface area (Å²) in [6, 6.07) is 7.74. The average molecular weight is 348 g/mol. The summed E-state index contributed by atoms with van der Waals surface area (Å²) in [4.78, 5) is 8.19. The van der Waals surface area contributed by atoms with Crippen LogP contribution in [0.3, 0.4) is 0 Å². The first-order valence-corrected chi connectivity index (χ1v) is 9.12. The Morgan fingerprint density at radius 1 is 1.04 bits per heavy atom. The number of pyridine rings is 2. The molecule has 0 fully saturated rings. The molecule has 0 radical (unpaired) electrons. The van der Waals surface area contributed by atoms with Crippen molar-refractivity contribution in [3.63, 3.8) is 0 Å². The SMILES string of the molecule is CN(C)P(=NC(=S)Nc1cccnc1)(c1ccncc1)N(C)C. The van der Waals surface area contributed by atoms with Gasteiger partial charge in [-0.3, -0.25) is 19.3 Å². The number of aromatic nitrogens is 2. The molecule has 23 heavy (non-hydrogen) atoms. The van der Waals surface area contributed by atoms with Crippen molar-refractivity contribution in [3.05, 3.63) is 49.1 Å². The number of thiocarbonyl (C=S) groups is 1. The van der Waals surface area contributed by atoms with Crippen LogP contribution in [0, 0.1) is 0 Å².